The van der Waals surface area contributed by atoms with Crippen LogP contribution in [0.3, 0.4) is 0 Å². The average molecular weight is 274 g/mol. The van der Waals surface area contributed by atoms with Crippen LogP contribution >= 0.6 is 0 Å². The van der Waals surface area contributed by atoms with E-state index in [1.54, 1.807) is 12.1 Å². The van der Waals surface area contributed by atoms with Crippen LogP contribution in [0.25, 0.3) is 0 Å². The van der Waals surface area contributed by atoms with Gasteiger partial charge in [0.15, 0.2) is 0 Å². The summed E-state index contributed by atoms with van der Waals surface area (Å²) in [5.41, 5.74) is 2.61. The number of hydrogen-bond donors (Lipinski definition) is 2. The number of pyridine rings is 1. The summed E-state index contributed by atoms with van der Waals surface area (Å²) >= 11 is 0. The number of nitrogens with one attached hydrogen (secondary N) is 1. The maximum absolute atomic E-state index is 11.1. The van der Waals surface area contributed by atoms with Crippen molar-refractivity contribution < 1.29 is 9.90 Å². The summed E-state index contributed by atoms with van der Waals surface area (Å²) in [6.45, 7) is 4.83. The first kappa shape index (κ1) is 14.6. The Morgan fingerprint density at radius 2 is 2.25 bits per heavy atom. The molecule has 0 aliphatic heterocycles. The van der Waals surface area contributed by atoms with E-state index in [2.05, 4.69) is 16.4 Å². The molecule has 1 heterocycles. The molecular formula is C16H22N2O2. The highest BCUT2D eigenvalue weighted by molar-refractivity contribution is 5.88. The molecule has 0 amide bonds. The maximum atomic E-state index is 11.1. The number of carboxylic acids is 1. The minimum absolute atomic E-state index is 0.215. The molecule has 1 aromatic heterocycles. The van der Waals surface area contributed by atoms with Gasteiger partial charge in [0, 0.05) is 12.2 Å². The van der Waals surface area contributed by atoms with Crippen molar-refractivity contribution >= 4 is 11.8 Å². The Balaban J connectivity index is 2.03. The van der Waals surface area contributed by atoms with Crippen LogP contribution in [0.15, 0.2) is 23.8 Å². The molecule has 4 nitrogen and oxygen atoms in total. The molecule has 0 radical (unpaired) electrons. The molecule has 20 heavy (non-hydrogen) atoms. The number of anilines is 1. The highest BCUT2D eigenvalue weighted by Crippen LogP contribution is 2.21. The van der Waals surface area contributed by atoms with Crippen molar-refractivity contribution in [3.63, 3.8) is 0 Å². The molecule has 1 aliphatic carbocycles. The van der Waals surface area contributed by atoms with E-state index in [4.69, 9.17) is 5.11 Å². The lowest BCUT2D eigenvalue weighted by atomic mass is 10.1. The first-order chi connectivity index (χ1) is 9.56. The van der Waals surface area contributed by atoms with Gasteiger partial charge in [0.25, 0.3) is 0 Å². The van der Waals surface area contributed by atoms with Crippen molar-refractivity contribution in [2.45, 2.75) is 45.4 Å². The molecule has 0 atom stereocenters. The summed E-state index contributed by atoms with van der Waals surface area (Å²) in [7, 11) is 0. The van der Waals surface area contributed by atoms with Gasteiger partial charge in [-0.15, -0.1) is 0 Å². The molecule has 1 aliphatic rings. The molecular weight excluding hydrogens is 252 g/mol. The van der Waals surface area contributed by atoms with Crippen LogP contribution in [0.1, 0.15) is 61.5 Å². The highest BCUT2D eigenvalue weighted by atomic mass is 16.4. The zero-order chi connectivity index (χ0) is 14.5. The van der Waals surface area contributed by atoms with Gasteiger partial charge < -0.3 is 10.4 Å². The summed E-state index contributed by atoms with van der Waals surface area (Å²) in [4.78, 5) is 15.6. The lowest BCUT2D eigenvalue weighted by Gasteiger charge is -2.11. The van der Waals surface area contributed by atoms with Crippen molar-refractivity contribution in [2.75, 3.05) is 11.9 Å². The van der Waals surface area contributed by atoms with Crippen LogP contribution < -0.4 is 5.32 Å². The molecule has 0 saturated heterocycles. The Morgan fingerprint density at radius 1 is 1.45 bits per heavy atom. The van der Waals surface area contributed by atoms with E-state index in [9.17, 15) is 4.79 Å². The number of carbonyl (C=O) groups is 1. The van der Waals surface area contributed by atoms with Crippen molar-refractivity contribution in [3.05, 3.63) is 35.0 Å². The van der Waals surface area contributed by atoms with E-state index in [0.29, 0.717) is 11.4 Å². The molecule has 0 fully saturated rings. The number of rotatable bonds is 6. The summed E-state index contributed by atoms with van der Waals surface area (Å²) in [5, 5.41) is 12.4. The lowest BCUT2D eigenvalue weighted by Crippen LogP contribution is -2.08. The fraction of sp³-hybridized carbons (Fsp3) is 0.500. The Hall–Kier alpha value is -1.84. The summed E-state index contributed by atoms with van der Waals surface area (Å²) in [5.74, 6) is -0.0320. The molecule has 0 unspecified atom stereocenters. The first-order valence-corrected chi connectivity index (χ1v) is 7.23. The Labute approximate surface area is 119 Å². The molecule has 2 rings (SSSR count). The van der Waals surface area contributed by atoms with Gasteiger partial charge in [-0.25, -0.2) is 9.78 Å². The summed E-state index contributed by atoms with van der Waals surface area (Å²) < 4.78 is 0. The van der Waals surface area contributed by atoms with E-state index in [-0.39, 0.29) is 5.92 Å². The normalized spacial score (nSPS) is 14.4. The van der Waals surface area contributed by atoms with Crippen LogP contribution in [0.2, 0.25) is 0 Å². The zero-order valence-electron chi connectivity index (χ0n) is 12.1. The average Bonchev–Trinajstić information content (AvgIpc) is 2.91. The highest BCUT2D eigenvalue weighted by Gasteiger charge is 2.11. The fourth-order valence-corrected chi connectivity index (χ4v) is 2.38. The van der Waals surface area contributed by atoms with Gasteiger partial charge in [0.05, 0.1) is 5.56 Å². The molecule has 0 spiro atoms. The van der Waals surface area contributed by atoms with Crippen LogP contribution in [0, 0.1) is 0 Å². The minimum Gasteiger partial charge on any atom is -0.478 e. The molecule has 1 aromatic rings. The van der Waals surface area contributed by atoms with Crippen LogP contribution in [-0.2, 0) is 0 Å². The third kappa shape index (κ3) is 3.83. The largest absolute Gasteiger partial charge is 0.478 e. The number of aromatic nitrogens is 1. The molecule has 2 N–H and O–H groups in total. The van der Waals surface area contributed by atoms with Gasteiger partial charge >= 0.3 is 5.97 Å². The molecule has 0 saturated carbocycles. The predicted molar refractivity (Wildman–Crippen MR) is 80.3 cm³/mol. The van der Waals surface area contributed by atoms with Crippen molar-refractivity contribution in [3.8, 4) is 0 Å². The van der Waals surface area contributed by atoms with Crippen LogP contribution in [0.5, 0.6) is 0 Å². The fourth-order valence-electron chi connectivity index (χ4n) is 2.38. The Kier molecular flexibility index (Phi) is 4.77. The molecule has 4 heteroatoms. The molecule has 0 aromatic carbocycles. The van der Waals surface area contributed by atoms with Gasteiger partial charge in [0.1, 0.15) is 5.82 Å². The second-order valence-electron chi connectivity index (χ2n) is 5.56. The summed E-state index contributed by atoms with van der Waals surface area (Å²) in [6, 6.07) is 3.26. The van der Waals surface area contributed by atoms with E-state index < -0.39 is 5.97 Å². The zero-order valence-corrected chi connectivity index (χ0v) is 12.1. The Bertz CT molecular complexity index is 521. The van der Waals surface area contributed by atoms with E-state index >= 15 is 0 Å². The number of aromatic carboxylic acids is 1. The third-order valence-corrected chi connectivity index (χ3v) is 3.57. The van der Waals surface area contributed by atoms with Crippen molar-refractivity contribution in [1.82, 2.24) is 4.98 Å². The van der Waals surface area contributed by atoms with Crippen LogP contribution in [-0.4, -0.2) is 22.6 Å². The summed E-state index contributed by atoms with van der Waals surface area (Å²) in [6.07, 6.45) is 6.97. The van der Waals surface area contributed by atoms with Gasteiger partial charge in [-0.05, 0) is 43.7 Å². The van der Waals surface area contributed by atoms with Crippen molar-refractivity contribution in [1.29, 1.82) is 0 Å². The number of hydrogen-bond acceptors (Lipinski definition) is 3. The Morgan fingerprint density at radius 3 is 2.85 bits per heavy atom. The maximum Gasteiger partial charge on any atom is 0.335 e. The minimum atomic E-state index is -0.907. The second kappa shape index (κ2) is 6.55. The van der Waals surface area contributed by atoms with Gasteiger partial charge in [0.2, 0.25) is 0 Å². The molecule has 0 bridgehead atoms. The number of nitrogens with zero attached hydrogens (tertiary/aromatic N) is 1. The van der Waals surface area contributed by atoms with Gasteiger partial charge in [-0.2, -0.15) is 0 Å². The van der Waals surface area contributed by atoms with E-state index in [1.165, 1.54) is 24.8 Å². The van der Waals surface area contributed by atoms with Crippen molar-refractivity contribution in [2.24, 2.45) is 0 Å². The topological polar surface area (TPSA) is 62.2 Å². The standard InChI is InChI=1S/C16H22N2O2/c1-11(2)14-9-13(16(19)20)10-15(18-14)17-8-7-12-5-3-4-6-12/h5,9-11H,3-4,6-8H2,1-2H3,(H,17,18)(H,19,20). The third-order valence-electron chi connectivity index (χ3n) is 3.57. The predicted octanol–water partition coefficient (Wildman–Crippen LogP) is 3.82. The number of allylic oxidation sites excluding steroid dienone is 1. The quantitative estimate of drug-likeness (QED) is 0.774. The lowest BCUT2D eigenvalue weighted by molar-refractivity contribution is 0.0696. The SMILES string of the molecule is CC(C)c1cc(C(=O)O)cc(NCCC2=CCCC2)n1. The van der Waals surface area contributed by atoms with E-state index in [1.807, 2.05) is 13.8 Å². The van der Waals surface area contributed by atoms with E-state index in [0.717, 1.165) is 18.7 Å². The van der Waals surface area contributed by atoms with Crippen LogP contribution in [0.4, 0.5) is 5.82 Å². The second-order valence-corrected chi connectivity index (χ2v) is 5.56. The monoisotopic (exact) mass is 274 g/mol. The van der Waals surface area contributed by atoms with Gasteiger partial charge in [-0.1, -0.05) is 25.5 Å². The van der Waals surface area contributed by atoms with Gasteiger partial charge in [-0.3, -0.25) is 0 Å². The smallest absolute Gasteiger partial charge is 0.335 e. The number of carboxylic acid groups (broad SMARTS) is 1. The molecule has 108 valence electrons. The first-order valence-electron chi connectivity index (χ1n) is 7.23.